The van der Waals surface area contributed by atoms with Crippen LogP contribution in [0.3, 0.4) is 0 Å². The summed E-state index contributed by atoms with van der Waals surface area (Å²) >= 11 is 0. The summed E-state index contributed by atoms with van der Waals surface area (Å²) in [6, 6.07) is 12.5. The average molecular weight is 354 g/mol. The van der Waals surface area contributed by atoms with Crippen LogP contribution in [0, 0.1) is 6.92 Å². The lowest BCUT2D eigenvalue weighted by Crippen LogP contribution is -2.40. The number of hydrogen-bond acceptors (Lipinski definition) is 4. The average Bonchev–Trinajstić information content (AvgIpc) is 2.65. The first-order valence-corrected chi connectivity index (χ1v) is 8.19. The number of aryl methyl sites for hydroxylation is 1. The summed E-state index contributed by atoms with van der Waals surface area (Å²) in [6.07, 6.45) is 3.03. The first kappa shape index (κ1) is 19.1. The summed E-state index contributed by atoms with van der Waals surface area (Å²) in [7, 11) is 1.50. The number of benzene rings is 2. The third-order valence-corrected chi connectivity index (χ3v) is 3.49. The number of hydrazine groups is 1. The lowest BCUT2D eigenvalue weighted by atomic mass is 10.1. The number of amides is 2. The van der Waals surface area contributed by atoms with Crippen LogP contribution in [0.15, 0.2) is 48.5 Å². The molecule has 2 rings (SSSR count). The van der Waals surface area contributed by atoms with Gasteiger partial charge in [0.1, 0.15) is 0 Å². The van der Waals surface area contributed by atoms with E-state index in [1.165, 1.54) is 13.2 Å². The number of methoxy groups -OCH3 is 1. The van der Waals surface area contributed by atoms with Crippen LogP contribution >= 0.6 is 0 Å². The van der Waals surface area contributed by atoms with E-state index in [0.29, 0.717) is 23.7 Å². The smallest absolute Gasteiger partial charge is 0.269 e. The van der Waals surface area contributed by atoms with E-state index in [9.17, 15) is 9.59 Å². The fourth-order valence-corrected chi connectivity index (χ4v) is 2.26. The van der Waals surface area contributed by atoms with Crippen molar-refractivity contribution in [1.29, 1.82) is 0 Å². The Hall–Kier alpha value is -3.28. The number of rotatable bonds is 6. The maximum absolute atomic E-state index is 12.2. The normalized spacial score (nSPS) is 10.4. The molecule has 0 aliphatic heterocycles. The van der Waals surface area contributed by atoms with Crippen LogP contribution in [0.5, 0.6) is 11.5 Å². The van der Waals surface area contributed by atoms with Crippen LogP contribution in [0.25, 0.3) is 6.08 Å². The molecule has 0 aromatic heterocycles. The lowest BCUT2D eigenvalue weighted by Gasteiger charge is -2.11. The molecule has 0 heterocycles. The standard InChI is InChI=1S/C20H22N2O4/c1-4-26-17-10-9-16(13-18(17)25-3)20(24)22-21-19(23)11-8-15-7-5-6-14(2)12-15/h5-13H,4H2,1-3H3,(H,21,23)(H,22,24)/b11-8+. The lowest BCUT2D eigenvalue weighted by molar-refractivity contribution is -0.117. The van der Waals surface area contributed by atoms with E-state index in [1.54, 1.807) is 24.3 Å². The predicted octanol–water partition coefficient (Wildman–Crippen LogP) is 2.88. The third kappa shape index (κ3) is 5.37. The minimum absolute atomic E-state index is 0.341. The Morgan fingerprint density at radius 1 is 1.08 bits per heavy atom. The van der Waals surface area contributed by atoms with Gasteiger partial charge in [-0.1, -0.05) is 29.8 Å². The number of carbonyl (C=O) groups excluding carboxylic acids is 2. The van der Waals surface area contributed by atoms with Gasteiger partial charge in [-0.15, -0.1) is 0 Å². The van der Waals surface area contributed by atoms with Crippen molar-refractivity contribution in [3.8, 4) is 11.5 Å². The molecule has 2 amide bonds. The molecule has 2 aromatic rings. The van der Waals surface area contributed by atoms with E-state index < -0.39 is 11.8 Å². The largest absolute Gasteiger partial charge is 0.493 e. The second-order valence-electron chi connectivity index (χ2n) is 5.49. The maximum Gasteiger partial charge on any atom is 0.269 e. The zero-order valence-corrected chi connectivity index (χ0v) is 15.0. The molecule has 2 N–H and O–H groups in total. The quantitative estimate of drug-likeness (QED) is 0.618. The molecule has 0 aliphatic carbocycles. The number of hydrogen-bond donors (Lipinski definition) is 2. The Morgan fingerprint density at radius 3 is 2.58 bits per heavy atom. The van der Waals surface area contributed by atoms with Gasteiger partial charge in [-0.2, -0.15) is 0 Å². The van der Waals surface area contributed by atoms with Gasteiger partial charge in [-0.05, 0) is 43.7 Å². The Kier molecular flexibility index (Phi) is 6.79. The Labute approximate surface area is 152 Å². The molecule has 0 spiro atoms. The molecule has 0 atom stereocenters. The molecule has 2 aromatic carbocycles. The highest BCUT2D eigenvalue weighted by Gasteiger charge is 2.11. The van der Waals surface area contributed by atoms with E-state index in [1.807, 2.05) is 38.1 Å². The van der Waals surface area contributed by atoms with Crippen molar-refractivity contribution in [3.05, 3.63) is 65.2 Å². The summed E-state index contributed by atoms with van der Waals surface area (Å²) in [4.78, 5) is 24.0. The molecule has 6 nitrogen and oxygen atoms in total. The van der Waals surface area contributed by atoms with Gasteiger partial charge in [0.15, 0.2) is 11.5 Å². The van der Waals surface area contributed by atoms with Crippen LogP contribution in [0.4, 0.5) is 0 Å². The molecule has 26 heavy (non-hydrogen) atoms. The van der Waals surface area contributed by atoms with Crippen LogP contribution < -0.4 is 20.3 Å². The predicted molar refractivity (Wildman–Crippen MR) is 100.0 cm³/mol. The fraction of sp³-hybridized carbons (Fsp3) is 0.200. The molecule has 136 valence electrons. The summed E-state index contributed by atoms with van der Waals surface area (Å²) in [6.45, 7) is 4.33. The summed E-state index contributed by atoms with van der Waals surface area (Å²) in [5, 5.41) is 0. The van der Waals surface area contributed by atoms with Gasteiger partial charge in [-0.3, -0.25) is 20.4 Å². The highest BCUT2D eigenvalue weighted by Crippen LogP contribution is 2.27. The van der Waals surface area contributed by atoms with Gasteiger partial charge in [0.25, 0.3) is 11.8 Å². The Bertz CT molecular complexity index is 815. The number of ether oxygens (including phenoxy) is 2. The van der Waals surface area contributed by atoms with Gasteiger partial charge >= 0.3 is 0 Å². The van der Waals surface area contributed by atoms with Gasteiger partial charge in [0.05, 0.1) is 13.7 Å². The first-order chi connectivity index (χ1) is 12.5. The van der Waals surface area contributed by atoms with Gasteiger partial charge in [-0.25, -0.2) is 0 Å². The maximum atomic E-state index is 12.2. The number of nitrogens with one attached hydrogen (secondary N) is 2. The number of carbonyl (C=O) groups is 2. The van der Waals surface area contributed by atoms with Crippen molar-refractivity contribution in [2.45, 2.75) is 13.8 Å². The minimum Gasteiger partial charge on any atom is -0.493 e. The van der Waals surface area contributed by atoms with Crippen LogP contribution in [-0.2, 0) is 4.79 Å². The minimum atomic E-state index is -0.455. The van der Waals surface area contributed by atoms with Crippen molar-refractivity contribution in [1.82, 2.24) is 10.9 Å². The van der Waals surface area contributed by atoms with E-state index in [2.05, 4.69) is 10.9 Å². The molecule has 0 saturated carbocycles. The molecule has 6 heteroatoms. The van der Waals surface area contributed by atoms with Crippen LogP contribution in [-0.4, -0.2) is 25.5 Å². The van der Waals surface area contributed by atoms with E-state index >= 15 is 0 Å². The molecule has 0 bridgehead atoms. The van der Waals surface area contributed by atoms with Gasteiger partial charge < -0.3 is 9.47 Å². The third-order valence-electron chi connectivity index (χ3n) is 3.49. The molecular formula is C20H22N2O4. The SMILES string of the molecule is CCOc1ccc(C(=O)NNC(=O)/C=C/c2cccc(C)c2)cc1OC. The van der Waals surface area contributed by atoms with Crippen molar-refractivity contribution in [3.63, 3.8) is 0 Å². The highest BCUT2D eigenvalue weighted by molar-refractivity contribution is 5.98. The van der Waals surface area contributed by atoms with Gasteiger partial charge in [0.2, 0.25) is 0 Å². The zero-order valence-electron chi connectivity index (χ0n) is 15.0. The monoisotopic (exact) mass is 354 g/mol. The molecule has 0 unspecified atom stereocenters. The molecule has 0 fully saturated rings. The topological polar surface area (TPSA) is 76.7 Å². The molecule has 0 aliphatic rings. The molecule has 0 radical (unpaired) electrons. The second-order valence-corrected chi connectivity index (χ2v) is 5.49. The summed E-state index contributed by atoms with van der Waals surface area (Å²) < 4.78 is 10.6. The van der Waals surface area contributed by atoms with E-state index in [4.69, 9.17) is 9.47 Å². The molecular weight excluding hydrogens is 332 g/mol. The zero-order chi connectivity index (χ0) is 18.9. The first-order valence-electron chi connectivity index (χ1n) is 8.19. The van der Waals surface area contributed by atoms with Crippen molar-refractivity contribution in [2.24, 2.45) is 0 Å². The van der Waals surface area contributed by atoms with Crippen molar-refractivity contribution < 1.29 is 19.1 Å². The Balaban J connectivity index is 1.94. The summed E-state index contributed by atoms with van der Waals surface area (Å²) in [5.41, 5.74) is 7.06. The molecule has 0 saturated heterocycles. The second kappa shape index (κ2) is 9.27. The summed E-state index contributed by atoms with van der Waals surface area (Å²) in [5.74, 6) is 0.114. The van der Waals surface area contributed by atoms with E-state index in [-0.39, 0.29) is 0 Å². The van der Waals surface area contributed by atoms with Crippen molar-refractivity contribution >= 4 is 17.9 Å². The highest BCUT2D eigenvalue weighted by atomic mass is 16.5. The van der Waals surface area contributed by atoms with E-state index in [0.717, 1.165) is 11.1 Å². The van der Waals surface area contributed by atoms with Crippen LogP contribution in [0.1, 0.15) is 28.4 Å². The van der Waals surface area contributed by atoms with Crippen LogP contribution in [0.2, 0.25) is 0 Å². The van der Waals surface area contributed by atoms with Crippen molar-refractivity contribution in [2.75, 3.05) is 13.7 Å². The van der Waals surface area contributed by atoms with Gasteiger partial charge in [0, 0.05) is 11.6 Å². The Morgan fingerprint density at radius 2 is 1.88 bits per heavy atom. The fourth-order valence-electron chi connectivity index (χ4n) is 2.26.